The third-order valence-electron chi connectivity index (χ3n) is 5.19. The lowest BCUT2D eigenvalue weighted by Crippen LogP contribution is -2.58. The molecule has 0 aliphatic carbocycles. The van der Waals surface area contributed by atoms with Gasteiger partial charge in [0.25, 0.3) is 5.56 Å². The van der Waals surface area contributed by atoms with Crippen LogP contribution in [-0.2, 0) is 4.74 Å². The van der Waals surface area contributed by atoms with Gasteiger partial charge < -0.3 is 9.64 Å². The number of nitrogens with zero attached hydrogens (tertiary/aromatic N) is 7. The van der Waals surface area contributed by atoms with Gasteiger partial charge in [0.1, 0.15) is 12.1 Å². The van der Waals surface area contributed by atoms with E-state index in [1.54, 1.807) is 17.1 Å². The van der Waals surface area contributed by atoms with Gasteiger partial charge in [-0.3, -0.25) is 9.89 Å². The van der Waals surface area contributed by atoms with E-state index in [2.05, 4.69) is 30.3 Å². The molecule has 0 atom stereocenters. The number of rotatable bonds is 3. The van der Waals surface area contributed by atoms with E-state index in [9.17, 15) is 4.79 Å². The monoisotopic (exact) mass is 354 g/mol. The van der Waals surface area contributed by atoms with Crippen LogP contribution in [0.4, 0.5) is 5.82 Å². The Bertz CT molecular complexity index is 962. The van der Waals surface area contributed by atoms with Crippen molar-refractivity contribution in [3.05, 3.63) is 41.3 Å². The molecular weight excluding hydrogens is 336 g/mol. The molecule has 2 aliphatic heterocycles. The first-order valence-electron chi connectivity index (χ1n) is 8.56. The fourth-order valence-corrected chi connectivity index (χ4v) is 3.69. The van der Waals surface area contributed by atoms with Gasteiger partial charge in [-0.05, 0) is 12.8 Å². The normalized spacial score (nSPS) is 18.8. The summed E-state index contributed by atoms with van der Waals surface area (Å²) >= 11 is 0. The van der Waals surface area contributed by atoms with Gasteiger partial charge in [-0.2, -0.15) is 0 Å². The molecule has 1 N–H and O–H groups in total. The molecule has 10 nitrogen and oxygen atoms in total. The minimum Gasteiger partial charge on any atom is -0.381 e. The highest BCUT2D eigenvalue weighted by Gasteiger charge is 2.44. The van der Waals surface area contributed by atoms with E-state index in [1.807, 2.05) is 6.07 Å². The Labute approximate surface area is 148 Å². The molecule has 2 fully saturated rings. The quantitative estimate of drug-likeness (QED) is 0.713. The third-order valence-corrected chi connectivity index (χ3v) is 5.19. The number of aromatic amines is 1. The number of anilines is 1. The van der Waals surface area contributed by atoms with Crippen LogP contribution in [0.1, 0.15) is 12.8 Å². The molecular formula is C16H18N8O2. The first-order valence-corrected chi connectivity index (χ1v) is 8.56. The van der Waals surface area contributed by atoms with Crippen molar-refractivity contribution >= 4 is 5.82 Å². The number of aromatic nitrogens is 7. The van der Waals surface area contributed by atoms with Crippen LogP contribution in [0.5, 0.6) is 0 Å². The second kappa shape index (κ2) is 5.77. The van der Waals surface area contributed by atoms with Crippen LogP contribution in [0.15, 0.2) is 35.8 Å². The Morgan fingerprint density at radius 2 is 1.96 bits per heavy atom. The number of hydrogen-bond donors (Lipinski definition) is 1. The summed E-state index contributed by atoms with van der Waals surface area (Å²) < 4.78 is 8.47. The zero-order valence-corrected chi connectivity index (χ0v) is 14.1. The second-order valence-electron chi connectivity index (χ2n) is 6.88. The van der Waals surface area contributed by atoms with Crippen molar-refractivity contribution in [2.45, 2.75) is 12.8 Å². The summed E-state index contributed by atoms with van der Waals surface area (Å²) in [5, 5.41) is 10.3. The number of hydrogen-bond acceptors (Lipinski definition) is 7. The Kier molecular flexibility index (Phi) is 3.38. The van der Waals surface area contributed by atoms with Crippen molar-refractivity contribution in [1.29, 1.82) is 0 Å². The average molecular weight is 354 g/mol. The molecule has 2 saturated heterocycles. The predicted octanol–water partition coefficient (Wildman–Crippen LogP) is 0.153. The zero-order valence-electron chi connectivity index (χ0n) is 14.1. The topological polar surface area (TPSA) is 107 Å². The molecule has 0 saturated carbocycles. The van der Waals surface area contributed by atoms with Crippen LogP contribution in [-0.4, -0.2) is 61.0 Å². The lowest BCUT2D eigenvalue weighted by molar-refractivity contribution is -0.000463. The summed E-state index contributed by atoms with van der Waals surface area (Å²) in [6.45, 7) is 3.66. The van der Waals surface area contributed by atoms with E-state index < -0.39 is 0 Å². The SMILES string of the molecule is O=c1[nH]n(-c2cc(N3CC4(CCOCC4)C3)ncn2)cc1-n1ccnn1. The summed E-state index contributed by atoms with van der Waals surface area (Å²) in [4.78, 5) is 23.1. The van der Waals surface area contributed by atoms with Crippen molar-refractivity contribution < 1.29 is 4.74 Å². The van der Waals surface area contributed by atoms with E-state index in [0.29, 0.717) is 16.9 Å². The first kappa shape index (κ1) is 15.3. The molecule has 1 spiro atoms. The van der Waals surface area contributed by atoms with E-state index >= 15 is 0 Å². The van der Waals surface area contributed by atoms with E-state index in [-0.39, 0.29) is 5.56 Å². The van der Waals surface area contributed by atoms with Crippen molar-refractivity contribution in [1.82, 2.24) is 34.7 Å². The van der Waals surface area contributed by atoms with Gasteiger partial charge in [0.15, 0.2) is 11.5 Å². The van der Waals surface area contributed by atoms with Crippen LogP contribution >= 0.6 is 0 Å². The van der Waals surface area contributed by atoms with Gasteiger partial charge in [-0.1, -0.05) is 5.21 Å². The van der Waals surface area contributed by atoms with Crippen LogP contribution in [0, 0.1) is 5.41 Å². The molecule has 0 unspecified atom stereocenters. The highest BCUT2D eigenvalue weighted by atomic mass is 16.5. The Balaban J connectivity index is 1.39. The molecule has 10 heteroatoms. The number of H-pyrrole nitrogens is 1. The van der Waals surface area contributed by atoms with Crippen molar-refractivity contribution in [3.8, 4) is 11.5 Å². The van der Waals surface area contributed by atoms with Gasteiger partial charge in [0.2, 0.25) is 0 Å². The Morgan fingerprint density at radius 3 is 2.73 bits per heavy atom. The summed E-state index contributed by atoms with van der Waals surface area (Å²) in [5.41, 5.74) is 0.485. The fourth-order valence-electron chi connectivity index (χ4n) is 3.69. The van der Waals surface area contributed by atoms with E-state index in [4.69, 9.17) is 4.74 Å². The number of nitrogens with one attached hydrogen (secondary N) is 1. The largest absolute Gasteiger partial charge is 0.381 e. The smallest absolute Gasteiger partial charge is 0.290 e. The van der Waals surface area contributed by atoms with Gasteiger partial charge in [0.05, 0.1) is 18.6 Å². The van der Waals surface area contributed by atoms with Crippen LogP contribution in [0.25, 0.3) is 11.5 Å². The molecule has 134 valence electrons. The van der Waals surface area contributed by atoms with Crippen molar-refractivity contribution in [2.24, 2.45) is 5.41 Å². The fraction of sp³-hybridized carbons (Fsp3) is 0.438. The second-order valence-corrected chi connectivity index (χ2v) is 6.88. The summed E-state index contributed by atoms with van der Waals surface area (Å²) in [6, 6.07) is 1.88. The van der Waals surface area contributed by atoms with E-state index in [1.165, 1.54) is 17.2 Å². The lowest BCUT2D eigenvalue weighted by Gasteiger charge is -2.52. The number of ether oxygens (including phenoxy) is 1. The van der Waals surface area contributed by atoms with Crippen LogP contribution < -0.4 is 10.5 Å². The molecule has 26 heavy (non-hydrogen) atoms. The zero-order chi connectivity index (χ0) is 17.6. The average Bonchev–Trinajstić information content (AvgIpc) is 3.30. The summed E-state index contributed by atoms with van der Waals surface area (Å²) in [7, 11) is 0. The molecule has 5 heterocycles. The first-order chi connectivity index (χ1) is 12.7. The highest BCUT2D eigenvalue weighted by molar-refractivity contribution is 5.47. The minimum absolute atomic E-state index is 0.263. The Hall–Kier alpha value is -3.01. The predicted molar refractivity (Wildman–Crippen MR) is 91.6 cm³/mol. The van der Waals surface area contributed by atoms with Crippen LogP contribution in [0.2, 0.25) is 0 Å². The summed E-state index contributed by atoms with van der Waals surface area (Å²) in [5.74, 6) is 1.47. The van der Waals surface area contributed by atoms with Gasteiger partial charge in [-0.15, -0.1) is 5.10 Å². The highest BCUT2D eigenvalue weighted by Crippen LogP contribution is 2.41. The van der Waals surface area contributed by atoms with Crippen LogP contribution in [0.3, 0.4) is 0 Å². The molecule has 0 radical (unpaired) electrons. The molecule has 3 aromatic rings. The molecule has 3 aromatic heterocycles. The van der Waals surface area contributed by atoms with Gasteiger partial charge in [-0.25, -0.2) is 19.3 Å². The summed E-state index contributed by atoms with van der Waals surface area (Å²) in [6.07, 6.45) is 8.52. The molecule has 5 rings (SSSR count). The minimum atomic E-state index is -0.263. The Morgan fingerprint density at radius 1 is 1.15 bits per heavy atom. The lowest BCUT2D eigenvalue weighted by atomic mass is 9.73. The standard InChI is InChI=1S/C16H18N8O2/c25-15-12(23-4-3-19-21-23)8-24(20-15)14-7-13(17-11-18-14)22-9-16(10-22)1-5-26-6-2-16/h3-4,7-8,11H,1-2,5-6,9-10H2,(H,20,25). The third kappa shape index (κ3) is 2.49. The van der Waals surface area contributed by atoms with Gasteiger partial charge >= 0.3 is 0 Å². The molecule has 0 bridgehead atoms. The van der Waals surface area contributed by atoms with E-state index in [0.717, 1.165) is 45.0 Å². The van der Waals surface area contributed by atoms with Gasteiger partial charge in [0, 0.05) is 37.8 Å². The molecule has 2 aliphatic rings. The van der Waals surface area contributed by atoms with Crippen molar-refractivity contribution in [3.63, 3.8) is 0 Å². The maximum absolute atomic E-state index is 12.2. The molecule has 0 aromatic carbocycles. The van der Waals surface area contributed by atoms with Crippen molar-refractivity contribution in [2.75, 3.05) is 31.2 Å². The maximum atomic E-state index is 12.2. The maximum Gasteiger partial charge on any atom is 0.290 e. The molecule has 0 amide bonds.